The number of benzene rings is 1. The normalized spacial score (nSPS) is 15.6. The first-order valence-electron chi connectivity index (χ1n) is 10.6. The zero-order valence-corrected chi connectivity index (χ0v) is 20.7. The number of aromatic hydroxyl groups is 1. The molecule has 176 valence electrons. The highest BCUT2D eigenvalue weighted by molar-refractivity contribution is 7.10. The van der Waals surface area contributed by atoms with E-state index < -0.39 is 12.0 Å². The third kappa shape index (κ3) is 4.24. The number of phenolic OH excluding ortho intramolecular Hbond substituents is 1. The lowest BCUT2D eigenvalue weighted by Crippen LogP contribution is -2.39. The Morgan fingerprint density at radius 2 is 2.18 bits per heavy atom. The van der Waals surface area contributed by atoms with Gasteiger partial charge in [0.1, 0.15) is 6.04 Å². The fourth-order valence-corrected chi connectivity index (χ4v) is 5.77. The third-order valence-corrected chi connectivity index (χ3v) is 7.30. The van der Waals surface area contributed by atoms with Crippen LogP contribution in [0.3, 0.4) is 0 Å². The van der Waals surface area contributed by atoms with Crippen LogP contribution in [-0.2, 0) is 16.0 Å². The summed E-state index contributed by atoms with van der Waals surface area (Å²) >= 11 is 2.72. The summed E-state index contributed by atoms with van der Waals surface area (Å²) in [6.07, 6.45) is 3.88. The van der Waals surface area contributed by atoms with Crippen LogP contribution in [0.1, 0.15) is 35.9 Å². The number of methoxy groups -OCH3 is 1. The number of ether oxygens (including phenoxy) is 2. The van der Waals surface area contributed by atoms with Crippen molar-refractivity contribution in [2.45, 2.75) is 26.3 Å². The maximum atomic E-state index is 13.6. The molecule has 9 heteroatoms. The molecule has 1 aromatic carbocycles. The Bertz CT molecular complexity index is 1460. The zero-order chi connectivity index (χ0) is 24.4. The summed E-state index contributed by atoms with van der Waals surface area (Å²) in [7, 11) is 1.48. The molecule has 3 aromatic rings. The van der Waals surface area contributed by atoms with Crippen molar-refractivity contribution in [3.63, 3.8) is 0 Å². The molecule has 4 rings (SSSR count). The summed E-state index contributed by atoms with van der Waals surface area (Å²) in [5.41, 5.74) is 1.98. The SMILES string of the molecule is C=CCc1cc(/C=c2\sc3n(c2=O)[C@H](c2cccs2)C(C(=O)OCC)=C(C)N=3)cc(OC)c1O. The van der Waals surface area contributed by atoms with Gasteiger partial charge in [-0.2, -0.15) is 0 Å². The number of thiazole rings is 1. The Labute approximate surface area is 204 Å². The minimum atomic E-state index is -0.608. The van der Waals surface area contributed by atoms with Crippen molar-refractivity contribution < 1.29 is 19.4 Å². The maximum Gasteiger partial charge on any atom is 0.338 e. The maximum absolute atomic E-state index is 13.6. The zero-order valence-electron chi connectivity index (χ0n) is 19.0. The first kappa shape index (κ1) is 23.7. The van der Waals surface area contributed by atoms with Crippen LogP contribution in [0.4, 0.5) is 0 Å². The molecule has 0 saturated carbocycles. The van der Waals surface area contributed by atoms with Crippen molar-refractivity contribution in [2.75, 3.05) is 13.7 Å². The Balaban J connectivity index is 1.92. The van der Waals surface area contributed by atoms with Gasteiger partial charge in [0.25, 0.3) is 5.56 Å². The van der Waals surface area contributed by atoms with Crippen LogP contribution in [-0.4, -0.2) is 29.4 Å². The Morgan fingerprint density at radius 3 is 2.82 bits per heavy atom. The Hall–Kier alpha value is -3.43. The lowest BCUT2D eigenvalue weighted by atomic mass is 10.0. The van der Waals surface area contributed by atoms with Crippen molar-refractivity contribution in [3.05, 3.63) is 89.3 Å². The second-order valence-corrected chi connectivity index (χ2v) is 9.53. The van der Waals surface area contributed by atoms with E-state index in [1.165, 1.54) is 29.8 Å². The van der Waals surface area contributed by atoms with Gasteiger partial charge in [0.15, 0.2) is 16.3 Å². The number of nitrogens with zero attached hydrogens (tertiary/aromatic N) is 2. The molecule has 0 fully saturated rings. The van der Waals surface area contributed by atoms with E-state index in [1.54, 1.807) is 42.7 Å². The fourth-order valence-electron chi connectivity index (χ4n) is 3.90. The highest BCUT2D eigenvalue weighted by atomic mass is 32.1. The average molecular weight is 497 g/mol. The van der Waals surface area contributed by atoms with Gasteiger partial charge in [-0.3, -0.25) is 9.36 Å². The number of allylic oxidation sites excluding steroid dienone is 2. The summed E-state index contributed by atoms with van der Waals surface area (Å²) in [6, 6.07) is 6.65. The van der Waals surface area contributed by atoms with Crippen LogP contribution in [0.15, 0.2) is 63.4 Å². The molecule has 34 heavy (non-hydrogen) atoms. The van der Waals surface area contributed by atoms with Crippen molar-refractivity contribution in [1.82, 2.24) is 4.57 Å². The molecular formula is C25H24N2O5S2. The topological polar surface area (TPSA) is 90.1 Å². The van der Waals surface area contributed by atoms with Gasteiger partial charge < -0.3 is 14.6 Å². The lowest BCUT2D eigenvalue weighted by Gasteiger charge is -2.23. The van der Waals surface area contributed by atoms with E-state index in [0.717, 1.165) is 4.88 Å². The van der Waals surface area contributed by atoms with Gasteiger partial charge >= 0.3 is 5.97 Å². The molecule has 0 amide bonds. The van der Waals surface area contributed by atoms with Gasteiger partial charge in [0.2, 0.25) is 0 Å². The number of phenols is 1. The van der Waals surface area contributed by atoms with Crippen LogP contribution in [0.5, 0.6) is 11.5 Å². The Morgan fingerprint density at radius 1 is 1.38 bits per heavy atom. The van der Waals surface area contributed by atoms with Crippen molar-refractivity contribution in [3.8, 4) is 11.5 Å². The van der Waals surface area contributed by atoms with Gasteiger partial charge in [-0.05, 0) is 55.5 Å². The fraction of sp³-hybridized carbons (Fsp3) is 0.240. The molecular weight excluding hydrogens is 472 g/mol. The van der Waals surface area contributed by atoms with Crippen LogP contribution < -0.4 is 19.6 Å². The molecule has 0 radical (unpaired) electrons. The van der Waals surface area contributed by atoms with E-state index in [0.29, 0.717) is 43.9 Å². The molecule has 0 spiro atoms. The summed E-state index contributed by atoms with van der Waals surface area (Å²) in [4.78, 5) is 32.4. The highest BCUT2D eigenvalue weighted by Crippen LogP contribution is 2.34. The van der Waals surface area contributed by atoms with Crippen molar-refractivity contribution >= 4 is 34.7 Å². The molecule has 1 aliphatic heterocycles. The summed E-state index contributed by atoms with van der Waals surface area (Å²) in [5, 5.41) is 12.3. The number of carbonyl (C=O) groups is 1. The molecule has 1 N–H and O–H groups in total. The second kappa shape index (κ2) is 9.82. The highest BCUT2D eigenvalue weighted by Gasteiger charge is 2.33. The first-order chi connectivity index (χ1) is 16.4. The van der Waals surface area contributed by atoms with E-state index in [2.05, 4.69) is 11.6 Å². The van der Waals surface area contributed by atoms with Crippen LogP contribution in [0.2, 0.25) is 0 Å². The third-order valence-electron chi connectivity index (χ3n) is 5.39. The van der Waals surface area contributed by atoms with Gasteiger partial charge in [0.05, 0.1) is 29.5 Å². The standard InChI is InChI=1S/C25H24N2O5S2/c1-5-8-16-11-15(12-17(31-4)22(16)28)13-19-23(29)27-21(18-9-7-10-33-18)20(24(30)32-6-2)14(3)26-25(27)34-19/h5,7,9-13,21,28H,1,6,8H2,2-4H3/b19-13-/t21-/m1/s1. The van der Waals surface area contributed by atoms with Crippen LogP contribution >= 0.6 is 22.7 Å². The number of carbonyl (C=O) groups excluding carboxylic acids is 1. The molecule has 1 aliphatic rings. The summed E-state index contributed by atoms with van der Waals surface area (Å²) < 4.78 is 12.6. The molecule has 0 aliphatic carbocycles. The molecule has 1 atom stereocenters. The van der Waals surface area contributed by atoms with E-state index in [4.69, 9.17) is 9.47 Å². The average Bonchev–Trinajstić information content (AvgIpc) is 3.44. The summed E-state index contributed by atoms with van der Waals surface area (Å²) in [5.74, 6) is -0.113. The van der Waals surface area contributed by atoms with E-state index in [-0.39, 0.29) is 17.9 Å². The minimum Gasteiger partial charge on any atom is -0.504 e. The number of fused-ring (bicyclic) bond motifs is 1. The molecule has 0 bridgehead atoms. The number of hydrogen-bond donors (Lipinski definition) is 1. The summed E-state index contributed by atoms with van der Waals surface area (Å²) in [6.45, 7) is 7.47. The number of rotatable bonds is 7. The number of esters is 1. The lowest BCUT2D eigenvalue weighted by molar-refractivity contribution is -0.139. The van der Waals surface area contributed by atoms with Gasteiger partial charge in [-0.1, -0.05) is 23.5 Å². The molecule has 0 saturated heterocycles. The molecule has 7 nitrogen and oxygen atoms in total. The predicted octanol–water partition coefficient (Wildman–Crippen LogP) is 3.30. The van der Waals surface area contributed by atoms with Crippen molar-refractivity contribution in [2.24, 2.45) is 4.99 Å². The number of thiophene rings is 1. The predicted molar refractivity (Wildman–Crippen MR) is 133 cm³/mol. The van der Waals surface area contributed by atoms with Crippen molar-refractivity contribution in [1.29, 1.82) is 0 Å². The quantitative estimate of drug-likeness (QED) is 0.400. The molecule has 2 aromatic heterocycles. The van der Waals surface area contributed by atoms with E-state index in [1.807, 2.05) is 17.5 Å². The van der Waals surface area contributed by atoms with Crippen LogP contribution in [0, 0.1) is 0 Å². The second-order valence-electron chi connectivity index (χ2n) is 7.54. The molecule has 3 heterocycles. The van der Waals surface area contributed by atoms with Gasteiger partial charge in [-0.15, -0.1) is 17.9 Å². The van der Waals surface area contributed by atoms with Crippen LogP contribution in [0.25, 0.3) is 6.08 Å². The number of aromatic nitrogens is 1. The molecule has 0 unspecified atom stereocenters. The Kier molecular flexibility index (Phi) is 6.85. The smallest absolute Gasteiger partial charge is 0.338 e. The minimum absolute atomic E-state index is 0.0495. The largest absolute Gasteiger partial charge is 0.504 e. The van der Waals surface area contributed by atoms with Gasteiger partial charge in [-0.25, -0.2) is 9.79 Å². The van der Waals surface area contributed by atoms with Gasteiger partial charge in [0, 0.05) is 10.4 Å². The van der Waals surface area contributed by atoms with E-state index >= 15 is 0 Å². The first-order valence-corrected chi connectivity index (χ1v) is 12.3. The monoisotopic (exact) mass is 496 g/mol. The number of hydrogen-bond acceptors (Lipinski definition) is 8. The van der Waals surface area contributed by atoms with E-state index in [9.17, 15) is 14.7 Å².